The Hall–Kier alpha value is -0.551. The molecular weight excluding hydrogens is 615 g/mol. The fourth-order valence-corrected chi connectivity index (χ4v) is 4.82. The van der Waals surface area contributed by atoms with Gasteiger partial charge in [-0.2, -0.15) is 24.3 Å². The SMILES string of the molecule is COC1(OC2=[C-]CC=C2)CC=CC=C1C(C)(C)C.COC1(OC2=[C-]CC=C2)CC=CC=C1C(C)(C)C.[Cl-].[Cl-].[Ti+2].[Ti+2]. The predicted molar refractivity (Wildman–Crippen MR) is 145 cm³/mol. The molecule has 0 aromatic rings. The van der Waals surface area contributed by atoms with Crippen molar-refractivity contribution in [2.75, 3.05) is 14.2 Å². The molecule has 0 bridgehead atoms. The second-order valence-corrected chi connectivity index (χ2v) is 11.3. The number of allylic oxidation sites excluding steroid dienone is 10. The average molecular weight is 657 g/mol. The summed E-state index contributed by atoms with van der Waals surface area (Å²) in [4.78, 5) is 0. The summed E-state index contributed by atoms with van der Waals surface area (Å²) in [5, 5.41) is 0. The average Bonchev–Trinajstić information content (AvgIpc) is 3.53. The number of hydrogen-bond donors (Lipinski definition) is 0. The Morgan fingerprint density at radius 2 is 0.975 bits per heavy atom. The van der Waals surface area contributed by atoms with Crippen LogP contribution < -0.4 is 24.8 Å². The van der Waals surface area contributed by atoms with Crippen LogP contribution in [0.4, 0.5) is 0 Å². The van der Waals surface area contributed by atoms with E-state index in [1.54, 1.807) is 14.2 Å². The normalized spacial score (nSPS) is 24.4. The zero-order valence-electron chi connectivity index (χ0n) is 25.0. The third kappa shape index (κ3) is 10.3. The van der Waals surface area contributed by atoms with E-state index in [1.807, 2.05) is 24.3 Å². The Bertz CT molecular complexity index is 972. The van der Waals surface area contributed by atoms with Crippen LogP contribution in [0.5, 0.6) is 0 Å². The molecule has 216 valence electrons. The fourth-order valence-electron chi connectivity index (χ4n) is 4.82. The second kappa shape index (κ2) is 17.5. The van der Waals surface area contributed by atoms with Gasteiger partial charge in [0.05, 0.1) is 0 Å². The topological polar surface area (TPSA) is 36.9 Å². The predicted octanol–water partition coefficient (Wildman–Crippen LogP) is 1.85. The van der Waals surface area contributed by atoms with E-state index in [4.69, 9.17) is 18.9 Å². The maximum absolute atomic E-state index is 6.11. The Morgan fingerprint density at radius 1 is 0.625 bits per heavy atom. The van der Waals surface area contributed by atoms with Crippen molar-refractivity contribution in [3.63, 3.8) is 0 Å². The Balaban J connectivity index is 0. The molecule has 4 aliphatic carbocycles. The molecule has 0 aromatic heterocycles. The fraction of sp³-hybridized carbons (Fsp3) is 0.500. The maximum Gasteiger partial charge on any atom is 2.00 e. The van der Waals surface area contributed by atoms with Crippen molar-refractivity contribution in [2.45, 2.75) is 78.8 Å². The van der Waals surface area contributed by atoms with Crippen LogP contribution in [0.25, 0.3) is 0 Å². The van der Waals surface area contributed by atoms with E-state index < -0.39 is 11.6 Å². The summed E-state index contributed by atoms with van der Waals surface area (Å²) < 4.78 is 23.7. The van der Waals surface area contributed by atoms with E-state index in [0.717, 1.165) is 48.3 Å². The minimum atomic E-state index is -0.690. The third-order valence-corrected chi connectivity index (χ3v) is 6.54. The first-order valence-corrected chi connectivity index (χ1v) is 12.7. The Kier molecular flexibility index (Phi) is 18.2. The first-order valence-electron chi connectivity index (χ1n) is 12.7. The van der Waals surface area contributed by atoms with Crippen LogP contribution in [-0.4, -0.2) is 25.8 Å². The van der Waals surface area contributed by atoms with Gasteiger partial charge in [-0.25, -0.2) is 12.2 Å². The standard InChI is InChI=1S/2C16H21O2.2ClH.2Ti/c2*1-15(2,3)14-11-7-8-12-16(14,17-4)18-13-9-5-6-10-13;;;;/h2*5,7-9,11H,6,12H2,1-4H3;2*1H;;/q2*-1;;;2*+2/p-2. The molecule has 4 aliphatic rings. The largest absolute Gasteiger partial charge is 2.00 e. The molecule has 2 atom stereocenters. The third-order valence-electron chi connectivity index (χ3n) is 6.54. The molecule has 0 saturated carbocycles. The molecule has 0 fully saturated rings. The van der Waals surface area contributed by atoms with Crippen molar-refractivity contribution < 1.29 is 87.2 Å². The van der Waals surface area contributed by atoms with Crippen molar-refractivity contribution in [1.82, 2.24) is 0 Å². The van der Waals surface area contributed by atoms with Gasteiger partial charge in [-0.3, -0.25) is 0 Å². The van der Waals surface area contributed by atoms with Gasteiger partial charge in [-0.15, -0.1) is 12.8 Å². The molecule has 0 amide bonds. The van der Waals surface area contributed by atoms with Crippen molar-refractivity contribution in [2.24, 2.45) is 10.8 Å². The molecule has 0 saturated heterocycles. The summed E-state index contributed by atoms with van der Waals surface area (Å²) in [6.45, 7) is 13.1. The van der Waals surface area contributed by atoms with Crippen LogP contribution in [0.15, 0.2) is 83.4 Å². The van der Waals surface area contributed by atoms with Crippen LogP contribution in [0.1, 0.15) is 67.2 Å². The van der Waals surface area contributed by atoms with Gasteiger partial charge in [0.25, 0.3) is 0 Å². The minimum absolute atomic E-state index is 0. The smallest absolute Gasteiger partial charge is 1.00 e. The van der Waals surface area contributed by atoms with Crippen molar-refractivity contribution >= 4 is 0 Å². The number of rotatable bonds is 6. The van der Waals surface area contributed by atoms with E-state index in [-0.39, 0.29) is 79.1 Å². The van der Waals surface area contributed by atoms with E-state index >= 15 is 0 Å². The summed E-state index contributed by atoms with van der Waals surface area (Å²) in [5.74, 6) is 0.179. The molecule has 2 unspecified atom stereocenters. The molecular formula is C32H42Cl2O4Ti2. The number of ether oxygens (including phenoxy) is 4. The summed E-state index contributed by atoms with van der Waals surface area (Å²) in [6, 6.07) is 0. The van der Waals surface area contributed by atoms with Crippen LogP contribution >= 0.6 is 0 Å². The summed E-state index contributed by atoms with van der Waals surface area (Å²) in [5.41, 5.74) is 2.33. The van der Waals surface area contributed by atoms with Gasteiger partial charge in [-0.1, -0.05) is 78.0 Å². The first kappa shape index (κ1) is 41.6. The number of halogens is 2. The monoisotopic (exact) mass is 656 g/mol. The second-order valence-electron chi connectivity index (χ2n) is 11.3. The van der Waals surface area contributed by atoms with Gasteiger partial charge in [-0.05, 0) is 22.3 Å². The van der Waals surface area contributed by atoms with Crippen LogP contribution in [0, 0.1) is 23.0 Å². The Labute approximate surface area is 284 Å². The van der Waals surface area contributed by atoms with Crippen molar-refractivity contribution in [3.05, 3.63) is 95.6 Å². The van der Waals surface area contributed by atoms with Crippen LogP contribution in [-0.2, 0) is 62.4 Å². The molecule has 0 N–H and O–H groups in total. The summed E-state index contributed by atoms with van der Waals surface area (Å²) in [6.07, 6.45) is 30.0. The van der Waals surface area contributed by atoms with Gasteiger partial charge in [0.1, 0.15) is 0 Å². The minimum Gasteiger partial charge on any atom is -1.00 e. The molecule has 0 aromatic carbocycles. The van der Waals surface area contributed by atoms with Gasteiger partial charge >= 0.3 is 43.4 Å². The molecule has 4 rings (SSSR count). The molecule has 0 heterocycles. The van der Waals surface area contributed by atoms with E-state index in [1.165, 1.54) is 0 Å². The van der Waals surface area contributed by atoms with Gasteiger partial charge in [0.15, 0.2) is 0 Å². The first-order chi connectivity index (χ1) is 17.0. The van der Waals surface area contributed by atoms with Crippen LogP contribution in [0.3, 0.4) is 0 Å². The molecule has 0 radical (unpaired) electrons. The van der Waals surface area contributed by atoms with Crippen LogP contribution in [0.2, 0.25) is 0 Å². The molecule has 40 heavy (non-hydrogen) atoms. The maximum atomic E-state index is 6.11. The van der Waals surface area contributed by atoms with Gasteiger partial charge < -0.3 is 43.8 Å². The van der Waals surface area contributed by atoms with Crippen molar-refractivity contribution in [1.29, 1.82) is 0 Å². The molecule has 4 nitrogen and oxygen atoms in total. The molecule has 0 aliphatic heterocycles. The van der Waals surface area contributed by atoms with Gasteiger partial charge in [0.2, 0.25) is 11.6 Å². The quantitative estimate of drug-likeness (QED) is 0.249. The number of methoxy groups -OCH3 is 2. The van der Waals surface area contributed by atoms with E-state index in [0.29, 0.717) is 0 Å². The van der Waals surface area contributed by atoms with E-state index in [9.17, 15) is 0 Å². The Morgan fingerprint density at radius 3 is 1.23 bits per heavy atom. The summed E-state index contributed by atoms with van der Waals surface area (Å²) in [7, 11) is 3.41. The zero-order chi connectivity index (χ0) is 26.5. The zero-order valence-corrected chi connectivity index (χ0v) is 29.6. The molecule has 0 spiro atoms. The van der Waals surface area contributed by atoms with Crippen molar-refractivity contribution in [3.8, 4) is 0 Å². The summed E-state index contributed by atoms with van der Waals surface area (Å²) >= 11 is 0. The van der Waals surface area contributed by atoms with Gasteiger partial charge in [0, 0.05) is 38.2 Å². The number of hydrogen-bond acceptors (Lipinski definition) is 4. The molecule has 8 heteroatoms. The van der Waals surface area contributed by atoms with E-state index in [2.05, 4.69) is 90.2 Å².